The van der Waals surface area contributed by atoms with E-state index in [1.807, 2.05) is 0 Å². The molecule has 1 nitrogen and oxygen atoms in total. The largest absolute Gasteiger partial charge is 0.303 e. The van der Waals surface area contributed by atoms with Gasteiger partial charge in [0.15, 0.2) is 0 Å². The summed E-state index contributed by atoms with van der Waals surface area (Å²) in [5.41, 5.74) is 1.47. The van der Waals surface area contributed by atoms with Crippen molar-refractivity contribution in [3.63, 3.8) is 0 Å². The van der Waals surface area contributed by atoms with Gasteiger partial charge in [0.25, 0.3) is 0 Å². The first-order valence-electron chi connectivity index (χ1n) is 8.42. The van der Waals surface area contributed by atoms with Gasteiger partial charge in [-0.1, -0.05) is 69.9 Å². The van der Waals surface area contributed by atoms with Gasteiger partial charge < -0.3 is 4.90 Å². The molecule has 0 aliphatic heterocycles. The normalized spacial score (nSPS) is 11.2. The fourth-order valence-electron chi connectivity index (χ4n) is 2.58. The molecule has 0 N–H and O–H groups in total. The van der Waals surface area contributed by atoms with Gasteiger partial charge in [-0.15, -0.1) is 0 Å². The smallest absolute Gasteiger partial charge is 0.00156 e. The number of hydrogen-bond donors (Lipinski definition) is 0. The summed E-state index contributed by atoms with van der Waals surface area (Å²) < 4.78 is 0. The van der Waals surface area contributed by atoms with Crippen LogP contribution in [-0.4, -0.2) is 24.5 Å². The summed E-state index contributed by atoms with van der Waals surface area (Å²) in [6, 6.07) is 10.9. The van der Waals surface area contributed by atoms with Crippen LogP contribution in [-0.2, 0) is 6.42 Å². The predicted molar refractivity (Wildman–Crippen MR) is 89.9 cm³/mol. The van der Waals surface area contributed by atoms with Crippen LogP contribution in [0.1, 0.15) is 57.4 Å². The van der Waals surface area contributed by atoms with Crippen LogP contribution in [0.5, 0.6) is 0 Å². The quantitative estimate of drug-likeness (QED) is 0.478. The molecule has 0 aromatic heterocycles. The van der Waals surface area contributed by atoms with Crippen molar-refractivity contribution in [2.24, 2.45) is 0 Å². The van der Waals surface area contributed by atoms with Gasteiger partial charge in [-0.2, -0.15) is 0 Å². The maximum atomic E-state index is 3.94. The van der Waals surface area contributed by atoms with Crippen LogP contribution in [0.4, 0.5) is 0 Å². The summed E-state index contributed by atoms with van der Waals surface area (Å²) in [5.74, 6) is 0. The third kappa shape index (κ3) is 8.37. The summed E-state index contributed by atoms with van der Waals surface area (Å²) in [6.45, 7) is 10.0. The highest BCUT2D eigenvalue weighted by Gasteiger charge is 2.04. The highest BCUT2D eigenvalue weighted by atomic mass is 15.1. The molecule has 0 saturated carbocycles. The molecule has 1 aromatic rings. The third-order valence-corrected chi connectivity index (χ3v) is 3.83. The zero-order valence-corrected chi connectivity index (χ0v) is 13.3. The molecule has 1 aromatic carbocycles. The van der Waals surface area contributed by atoms with Gasteiger partial charge in [0.05, 0.1) is 0 Å². The Balaban J connectivity index is 2.23. The molecule has 0 bridgehead atoms. The van der Waals surface area contributed by atoms with E-state index >= 15 is 0 Å². The molecule has 0 spiro atoms. The number of aryl methyl sites for hydroxylation is 1. The van der Waals surface area contributed by atoms with Crippen LogP contribution in [0.2, 0.25) is 0 Å². The van der Waals surface area contributed by atoms with E-state index in [0.29, 0.717) is 0 Å². The van der Waals surface area contributed by atoms with Crippen LogP contribution in [0.25, 0.3) is 0 Å². The van der Waals surface area contributed by atoms with E-state index < -0.39 is 0 Å². The van der Waals surface area contributed by atoms with Crippen LogP contribution in [0.15, 0.2) is 30.3 Å². The van der Waals surface area contributed by atoms with Crippen LogP contribution < -0.4 is 0 Å². The molecule has 1 heteroatoms. The first kappa shape index (κ1) is 17.2. The summed E-state index contributed by atoms with van der Waals surface area (Å²) in [7, 11) is 0. The first-order valence-corrected chi connectivity index (χ1v) is 8.42. The summed E-state index contributed by atoms with van der Waals surface area (Å²) in [4.78, 5) is 2.66. The van der Waals surface area contributed by atoms with Gasteiger partial charge in [0, 0.05) is 0 Å². The average Bonchev–Trinajstić information content (AvgIpc) is 2.48. The lowest BCUT2D eigenvalue weighted by molar-refractivity contribution is 0.259. The Labute approximate surface area is 126 Å². The molecule has 113 valence electrons. The molecule has 0 unspecified atom stereocenters. The molecule has 1 radical (unpaired) electrons. The van der Waals surface area contributed by atoms with E-state index in [4.69, 9.17) is 0 Å². The van der Waals surface area contributed by atoms with Gasteiger partial charge in [-0.05, 0) is 50.9 Å². The van der Waals surface area contributed by atoms with Crippen LogP contribution in [0, 0.1) is 6.92 Å². The third-order valence-electron chi connectivity index (χ3n) is 3.83. The number of hydrogen-bond acceptors (Lipinski definition) is 1. The molecule has 20 heavy (non-hydrogen) atoms. The van der Waals surface area contributed by atoms with Gasteiger partial charge in [-0.25, -0.2) is 0 Å². The summed E-state index contributed by atoms with van der Waals surface area (Å²) >= 11 is 0. The molecule has 0 heterocycles. The molecule has 0 saturated heterocycles. The molecule has 0 amide bonds. The van der Waals surface area contributed by atoms with Gasteiger partial charge >= 0.3 is 0 Å². The van der Waals surface area contributed by atoms with E-state index in [9.17, 15) is 0 Å². The number of unbranched alkanes of at least 4 members (excludes halogenated alkanes) is 4. The fraction of sp³-hybridized carbons (Fsp3) is 0.632. The lowest BCUT2D eigenvalue weighted by Gasteiger charge is -2.22. The van der Waals surface area contributed by atoms with E-state index in [1.54, 1.807) is 0 Å². The van der Waals surface area contributed by atoms with E-state index in [0.717, 1.165) is 6.42 Å². The Kier molecular flexibility index (Phi) is 10.3. The van der Waals surface area contributed by atoms with Crippen molar-refractivity contribution in [1.29, 1.82) is 0 Å². The molecular weight excluding hydrogens is 242 g/mol. The maximum Gasteiger partial charge on any atom is -0.00156 e. The zero-order valence-electron chi connectivity index (χ0n) is 13.3. The summed E-state index contributed by atoms with van der Waals surface area (Å²) in [6.07, 6.45) is 10.2. The standard InChI is InChI=1S/C19H32N/c1-3-5-10-16-20(17-11-6-4-2)18-12-15-19-13-8-7-9-14-19/h7-9,13-14H,1,3-6,10-12,15-18H2,2H3. The molecule has 0 aliphatic rings. The fourth-order valence-corrected chi connectivity index (χ4v) is 2.58. The summed E-state index contributed by atoms with van der Waals surface area (Å²) in [5, 5.41) is 0. The van der Waals surface area contributed by atoms with Gasteiger partial charge in [0.1, 0.15) is 0 Å². The molecule has 0 fully saturated rings. The second kappa shape index (κ2) is 12.0. The zero-order chi connectivity index (χ0) is 14.5. The van der Waals surface area contributed by atoms with Crippen molar-refractivity contribution in [2.45, 2.75) is 58.3 Å². The first-order chi connectivity index (χ1) is 9.86. The van der Waals surface area contributed by atoms with Crippen LogP contribution in [0.3, 0.4) is 0 Å². The molecule has 1 rings (SSSR count). The van der Waals surface area contributed by atoms with Crippen molar-refractivity contribution >= 4 is 0 Å². The minimum Gasteiger partial charge on any atom is -0.303 e. The Morgan fingerprint density at radius 3 is 2.15 bits per heavy atom. The topological polar surface area (TPSA) is 3.24 Å². The highest BCUT2D eigenvalue weighted by Crippen LogP contribution is 2.07. The Bertz CT molecular complexity index is 297. The van der Waals surface area contributed by atoms with Crippen molar-refractivity contribution in [2.75, 3.05) is 19.6 Å². The second-order valence-corrected chi connectivity index (χ2v) is 5.70. The lowest BCUT2D eigenvalue weighted by atomic mass is 10.1. The van der Waals surface area contributed by atoms with Gasteiger partial charge in [-0.3, -0.25) is 0 Å². The van der Waals surface area contributed by atoms with E-state index in [1.165, 1.54) is 70.1 Å². The van der Waals surface area contributed by atoms with Crippen LogP contribution >= 0.6 is 0 Å². The molecular formula is C19H32N. The van der Waals surface area contributed by atoms with E-state index in [2.05, 4.69) is 49.1 Å². The number of benzene rings is 1. The Morgan fingerprint density at radius 1 is 0.850 bits per heavy atom. The molecule has 0 aliphatic carbocycles. The van der Waals surface area contributed by atoms with Crippen molar-refractivity contribution in [3.8, 4) is 0 Å². The predicted octanol–water partition coefficient (Wildman–Crippen LogP) is 5.12. The minimum atomic E-state index is 1.08. The minimum absolute atomic E-state index is 1.08. The second-order valence-electron chi connectivity index (χ2n) is 5.70. The number of nitrogens with zero attached hydrogens (tertiary/aromatic N) is 1. The maximum absolute atomic E-state index is 3.94. The molecule has 0 atom stereocenters. The highest BCUT2D eigenvalue weighted by molar-refractivity contribution is 5.14. The Hall–Kier alpha value is -0.820. The van der Waals surface area contributed by atoms with Crippen molar-refractivity contribution < 1.29 is 0 Å². The van der Waals surface area contributed by atoms with Crippen molar-refractivity contribution in [3.05, 3.63) is 42.8 Å². The monoisotopic (exact) mass is 274 g/mol. The number of rotatable bonds is 12. The van der Waals surface area contributed by atoms with Gasteiger partial charge in [0.2, 0.25) is 0 Å². The SMILES string of the molecule is [CH2]CCCCN(CCCCC)CCCc1ccccc1. The van der Waals surface area contributed by atoms with Crippen molar-refractivity contribution in [1.82, 2.24) is 4.90 Å². The lowest BCUT2D eigenvalue weighted by Crippen LogP contribution is -2.27. The average molecular weight is 274 g/mol. The Morgan fingerprint density at radius 2 is 1.50 bits per heavy atom. The van der Waals surface area contributed by atoms with E-state index in [-0.39, 0.29) is 0 Å².